The van der Waals surface area contributed by atoms with Gasteiger partial charge >= 0.3 is 11.9 Å². The highest BCUT2D eigenvalue weighted by molar-refractivity contribution is 6.24. The predicted octanol–water partition coefficient (Wildman–Crippen LogP) is 6.91. The number of aromatic nitrogens is 1. The van der Waals surface area contributed by atoms with E-state index < -0.39 is 11.6 Å². The number of carbonyl (C=O) groups is 2. The van der Waals surface area contributed by atoms with E-state index in [0.717, 1.165) is 43.2 Å². The maximum Gasteiger partial charge on any atom is 0.358 e. The van der Waals surface area contributed by atoms with Crippen LogP contribution in [0.5, 0.6) is 0 Å². The molecular weight excluding hydrogens is 644 g/mol. The first-order chi connectivity index (χ1) is 23.8. The summed E-state index contributed by atoms with van der Waals surface area (Å²) in [4.78, 5) is 38.5. The number of hydrogen-bond donors (Lipinski definition) is 2. The average Bonchev–Trinajstić information content (AvgIpc) is 3.03. The van der Waals surface area contributed by atoms with Crippen molar-refractivity contribution in [2.24, 2.45) is 27.0 Å². The molecular formula is C41H58N4O6. The molecule has 1 aromatic carbocycles. The molecule has 2 bridgehead atoms. The number of aliphatic hydroxyl groups is 1. The number of carbonyl (C=O) groups excluding carboxylic acids is 2. The summed E-state index contributed by atoms with van der Waals surface area (Å²) < 4.78 is 17.4. The minimum atomic E-state index is -0.742. The Morgan fingerprint density at radius 1 is 1.02 bits per heavy atom. The van der Waals surface area contributed by atoms with Crippen LogP contribution in [0.3, 0.4) is 0 Å². The smallest absolute Gasteiger partial charge is 0.358 e. The highest BCUT2D eigenvalue weighted by atomic mass is 16.6. The van der Waals surface area contributed by atoms with Gasteiger partial charge in [-0.25, -0.2) is 14.6 Å². The van der Waals surface area contributed by atoms with E-state index in [4.69, 9.17) is 29.9 Å². The summed E-state index contributed by atoms with van der Waals surface area (Å²) in [5.41, 5.74) is 9.92. The number of aliphatic imine (C=N–C) groups is 1. The van der Waals surface area contributed by atoms with Crippen molar-refractivity contribution in [2.75, 3.05) is 38.3 Å². The van der Waals surface area contributed by atoms with Crippen molar-refractivity contribution >= 4 is 29.0 Å². The number of methoxy groups -OCH3 is 1. The van der Waals surface area contributed by atoms with Gasteiger partial charge in [-0.15, -0.1) is 0 Å². The number of nitrogens with two attached hydrogens (primary N) is 1. The number of anilines is 1. The third kappa shape index (κ3) is 8.66. The average molecular weight is 703 g/mol. The third-order valence-electron chi connectivity index (χ3n) is 10.6. The minimum Gasteiger partial charge on any atom is -0.465 e. The molecule has 3 atom stereocenters. The van der Waals surface area contributed by atoms with Crippen LogP contribution in [-0.4, -0.2) is 72.4 Å². The topological polar surface area (TPSA) is 137 Å². The standard InChI is InChI=1S/C41H58N4O6/c1-27(43-26-40(8)23-39(7)21-38(5,6)22-41(24-39,25-40)50-18-17-46)31(19-42)29-13-14-33(44-34(29)36(48)51-37(2,3)4)45-16-15-28-11-10-12-30(32(28)20-45)35(47)49-9/h10-14,19,46H,15-18,20-26,42H2,1-9H3. The molecule has 5 rings (SSSR count). The van der Waals surface area contributed by atoms with Crippen LogP contribution in [0.25, 0.3) is 5.57 Å². The van der Waals surface area contributed by atoms with Crippen LogP contribution in [0.2, 0.25) is 0 Å². The highest BCUT2D eigenvalue weighted by Gasteiger charge is 2.57. The monoisotopic (exact) mass is 702 g/mol. The molecule has 51 heavy (non-hydrogen) atoms. The molecule has 2 aliphatic carbocycles. The van der Waals surface area contributed by atoms with Gasteiger partial charge in [-0.1, -0.05) is 39.8 Å². The lowest BCUT2D eigenvalue weighted by atomic mass is 9.48. The summed E-state index contributed by atoms with van der Waals surface area (Å²) in [6, 6.07) is 9.45. The first kappa shape index (κ1) is 38.5. The third-order valence-corrected chi connectivity index (χ3v) is 10.6. The van der Waals surface area contributed by atoms with Crippen LogP contribution in [-0.2, 0) is 27.2 Å². The molecule has 2 aromatic rings. The fraction of sp³-hybridized carbons (Fsp3) is 0.610. The Hall–Kier alpha value is -3.76. The van der Waals surface area contributed by atoms with Crippen molar-refractivity contribution in [3.05, 3.63) is 64.5 Å². The van der Waals surface area contributed by atoms with Crippen LogP contribution in [0.15, 0.2) is 41.5 Å². The lowest BCUT2D eigenvalue weighted by Gasteiger charge is -2.61. The Morgan fingerprint density at radius 3 is 2.43 bits per heavy atom. The number of esters is 2. The Morgan fingerprint density at radius 2 is 1.76 bits per heavy atom. The molecule has 0 saturated heterocycles. The Kier molecular flexibility index (Phi) is 10.8. The van der Waals surface area contributed by atoms with Gasteiger partial charge in [0.1, 0.15) is 11.4 Å². The van der Waals surface area contributed by atoms with E-state index in [1.165, 1.54) is 13.3 Å². The largest absolute Gasteiger partial charge is 0.465 e. The second-order valence-electron chi connectivity index (χ2n) is 17.6. The van der Waals surface area contributed by atoms with Crippen LogP contribution in [0, 0.1) is 16.2 Å². The van der Waals surface area contributed by atoms with Crippen LogP contribution in [0.4, 0.5) is 5.82 Å². The zero-order chi connectivity index (χ0) is 37.4. The molecule has 3 unspecified atom stereocenters. The second-order valence-corrected chi connectivity index (χ2v) is 17.6. The fourth-order valence-electron chi connectivity index (χ4n) is 9.84. The number of ether oxygens (including phenoxy) is 3. The van der Waals surface area contributed by atoms with Gasteiger partial charge in [-0.2, -0.15) is 0 Å². The number of fused-ring (bicyclic) bond motifs is 3. The number of pyridine rings is 1. The van der Waals surface area contributed by atoms with Crippen LogP contribution < -0.4 is 10.6 Å². The molecule has 0 amide bonds. The first-order valence-electron chi connectivity index (χ1n) is 18.2. The van der Waals surface area contributed by atoms with E-state index in [1.54, 1.807) is 6.07 Å². The zero-order valence-corrected chi connectivity index (χ0v) is 32.1. The summed E-state index contributed by atoms with van der Waals surface area (Å²) >= 11 is 0. The van der Waals surface area contributed by atoms with Crippen LogP contribution >= 0.6 is 0 Å². The van der Waals surface area contributed by atoms with E-state index in [9.17, 15) is 14.7 Å². The van der Waals surface area contributed by atoms with Crippen molar-refractivity contribution in [2.45, 2.75) is 112 Å². The van der Waals surface area contributed by atoms with Crippen molar-refractivity contribution in [1.29, 1.82) is 0 Å². The fourth-order valence-corrected chi connectivity index (χ4v) is 9.84. The molecule has 1 aliphatic heterocycles. The Bertz CT molecular complexity index is 1710. The zero-order valence-electron chi connectivity index (χ0n) is 32.1. The van der Waals surface area contributed by atoms with E-state index >= 15 is 0 Å². The van der Waals surface area contributed by atoms with E-state index in [-0.39, 0.29) is 40.1 Å². The molecule has 0 radical (unpaired) electrons. The molecule has 2 heterocycles. The van der Waals surface area contributed by atoms with Crippen molar-refractivity contribution < 1.29 is 28.9 Å². The summed E-state index contributed by atoms with van der Waals surface area (Å²) in [5, 5.41) is 9.66. The molecule has 3 N–H and O–H groups in total. The lowest BCUT2D eigenvalue weighted by Crippen LogP contribution is -2.57. The van der Waals surface area contributed by atoms with E-state index in [2.05, 4.69) is 32.6 Å². The number of nitrogens with zero attached hydrogens (tertiary/aromatic N) is 3. The second kappa shape index (κ2) is 14.3. The first-order valence-corrected chi connectivity index (χ1v) is 18.2. The van der Waals surface area contributed by atoms with E-state index in [1.807, 2.05) is 52.0 Å². The molecule has 2 fully saturated rings. The number of aliphatic hydroxyl groups excluding tert-OH is 1. The number of allylic oxidation sites excluding steroid dienone is 1. The lowest BCUT2D eigenvalue weighted by molar-refractivity contribution is -0.192. The van der Waals surface area contributed by atoms with Crippen LogP contribution in [0.1, 0.15) is 125 Å². The quantitative estimate of drug-likeness (QED) is 0.200. The molecule has 3 aliphatic rings. The molecule has 278 valence electrons. The van der Waals surface area contributed by atoms with Crippen molar-refractivity contribution in [3.63, 3.8) is 0 Å². The summed E-state index contributed by atoms with van der Waals surface area (Å²) in [6.07, 6.45) is 7.13. The number of hydrogen-bond acceptors (Lipinski definition) is 10. The van der Waals surface area contributed by atoms with Gasteiger partial charge < -0.3 is 30.0 Å². The molecule has 1 aromatic heterocycles. The summed E-state index contributed by atoms with van der Waals surface area (Å²) in [6.45, 7) is 18.8. The van der Waals surface area contributed by atoms with Gasteiger partial charge in [0, 0.05) is 42.7 Å². The van der Waals surface area contributed by atoms with Crippen molar-refractivity contribution in [1.82, 2.24) is 4.98 Å². The highest BCUT2D eigenvalue weighted by Crippen LogP contribution is 2.63. The Labute approximate surface area is 303 Å². The number of benzene rings is 1. The van der Waals surface area contributed by atoms with Gasteiger partial charge in [-0.05, 0) is 112 Å². The normalized spacial score (nSPS) is 26.4. The number of rotatable bonds is 10. The Balaban J connectivity index is 1.46. The maximum atomic E-state index is 13.8. The van der Waals surface area contributed by atoms with Gasteiger partial charge in [0.25, 0.3) is 0 Å². The van der Waals surface area contributed by atoms with Gasteiger partial charge in [-0.3, -0.25) is 4.99 Å². The molecule has 0 spiro atoms. The molecule has 2 saturated carbocycles. The SMILES string of the molecule is COC(=O)c1cccc2c1CN(c1ccc(C(=CN)C(C)=NCC3(C)CC4(C)CC(C)(C)CC(OCCO)(C3)C4)c(C(=O)OC(C)(C)C)n1)CC2. The maximum absolute atomic E-state index is 13.8. The van der Waals surface area contributed by atoms with E-state index in [0.29, 0.717) is 60.9 Å². The van der Waals surface area contributed by atoms with Gasteiger partial charge in [0.15, 0.2) is 5.69 Å². The summed E-state index contributed by atoms with van der Waals surface area (Å²) in [5.74, 6) is -0.332. The predicted molar refractivity (Wildman–Crippen MR) is 201 cm³/mol. The van der Waals surface area contributed by atoms with Gasteiger partial charge in [0.05, 0.1) is 31.5 Å². The molecule has 10 nitrogen and oxygen atoms in total. The van der Waals surface area contributed by atoms with Crippen molar-refractivity contribution in [3.8, 4) is 0 Å². The van der Waals surface area contributed by atoms with Gasteiger partial charge in [0.2, 0.25) is 0 Å². The minimum absolute atomic E-state index is 0.00388. The molecule has 10 heteroatoms. The summed E-state index contributed by atoms with van der Waals surface area (Å²) in [7, 11) is 1.38.